The van der Waals surface area contributed by atoms with Crippen molar-refractivity contribution in [2.24, 2.45) is 0 Å². The number of carboxylic acid groups (broad SMARTS) is 1. The van der Waals surface area contributed by atoms with Gasteiger partial charge in [-0.1, -0.05) is 18.2 Å². The molecule has 0 bridgehead atoms. The van der Waals surface area contributed by atoms with Crippen LogP contribution in [0.25, 0.3) is 0 Å². The number of carboxylic acids is 1. The highest BCUT2D eigenvalue weighted by Crippen LogP contribution is 1.99. The molecular weight excluding hydrogens is 208 g/mol. The summed E-state index contributed by atoms with van der Waals surface area (Å²) in [6, 6.07) is 4.27. The van der Waals surface area contributed by atoms with Gasteiger partial charge in [0.1, 0.15) is 11.4 Å². The zero-order valence-corrected chi connectivity index (χ0v) is 8.86. The molecule has 0 aliphatic rings. The Morgan fingerprint density at radius 2 is 2.06 bits per heavy atom. The fourth-order valence-electron chi connectivity index (χ4n) is 1.00. The number of hydrogen-bond donors (Lipinski definition) is 2. The van der Waals surface area contributed by atoms with Gasteiger partial charge in [0, 0.05) is 6.54 Å². The van der Waals surface area contributed by atoms with Crippen LogP contribution >= 0.6 is 0 Å². The lowest BCUT2D eigenvalue weighted by atomic mass is 10.2. The van der Waals surface area contributed by atoms with Gasteiger partial charge < -0.3 is 10.4 Å². The monoisotopic (exact) mass is 220 g/mol. The van der Waals surface area contributed by atoms with Crippen molar-refractivity contribution in [3.63, 3.8) is 0 Å². The van der Waals surface area contributed by atoms with Crippen LogP contribution in [0.1, 0.15) is 27.9 Å². The number of carbonyl (C=O) groups excluding carboxylic acids is 1. The highest BCUT2D eigenvalue weighted by Gasteiger charge is 2.10. The van der Waals surface area contributed by atoms with E-state index in [2.05, 4.69) is 16.9 Å². The Bertz CT molecular complexity index is 441. The Morgan fingerprint density at radius 3 is 2.62 bits per heavy atom. The van der Waals surface area contributed by atoms with Crippen molar-refractivity contribution in [1.29, 1.82) is 0 Å². The molecule has 1 rings (SSSR count). The van der Waals surface area contributed by atoms with Gasteiger partial charge in [-0.15, -0.1) is 0 Å². The highest BCUT2D eigenvalue weighted by atomic mass is 16.4. The van der Waals surface area contributed by atoms with E-state index in [1.165, 1.54) is 18.2 Å². The third-order valence-corrected chi connectivity index (χ3v) is 1.75. The molecule has 0 aliphatic heterocycles. The van der Waals surface area contributed by atoms with Gasteiger partial charge in [-0.2, -0.15) is 0 Å². The molecular formula is C11H12N2O3. The summed E-state index contributed by atoms with van der Waals surface area (Å²) in [4.78, 5) is 25.9. The zero-order valence-electron chi connectivity index (χ0n) is 8.86. The summed E-state index contributed by atoms with van der Waals surface area (Å²) in [5.74, 6) is -1.57. The molecule has 0 unspecified atom stereocenters. The number of pyridine rings is 1. The molecule has 5 nitrogen and oxygen atoms in total. The average Bonchev–Trinajstić information content (AvgIpc) is 2.26. The smallest absolute Gasteiger partial charge is 0.354 e. The van der Waals surface area contributed by atoms with E-state index in [4.69, 9.17) is 5.11 Å². The van der Waals surface area contributed by atoms with Crippen LogP contribution in [0.5, 0.6) is 0 Å². The molecule has 1 aromatic rings. The van der Waals surface area contributed by atoms with E-state index in [0.717, 1.165) is 5.57 Å². The topological polar surface area (TPSA) is 79.3 Å². The second-order valence-electron chi connectivity index (χ2n) is 3.35. The highest BCUT2D eigenvalue weighted by molar-refractivity contribution is 5.94. The van der Waals surface area contributed by atoms with Crippen LogP contribution in [0.4, 0.5) is 0 Å². The molecule has 1 heterocycles. The minimum absolute atomic E-state index is 0.0844. The summed E-state index contributed by atoms with van der Waals surface area (Å²) < 4.78 is 0. The molecule has 0 saturated carbocycles. The number of amides is 1. The summed E-state index contributed by atoms with van der Waals surface area (Å²) in [5, 5.41) is 11.3. The van der Waals surface area contributed by atoms with Crippen LogP contribution in [-0.2, 0) is 0 Å². The maximum absolute atomic E-state index is 11.5. The fourth-order valence-corrected chi connectivity index (χ4v) is 1.00. The van der Waals surface area contributed by atoms with E-state index < -0.39 is 11.9 Å². The summed E-state index contributed by atoms with van der Waals surface area (Å²) in [6.07, 6.45) is 0. The number of rotatable bonds is 4. The maximum atomic E-state index is 11.5. The SMILES string of the molecule is C=C(C)CNC(=O)c1cccc(C(=O)O)n1. The van der Waals surface area contributed by atoms with E-state index in [9.17, 15) is 9.59 Å². The molecule has 0 radical (unpaired) electrons. The van der Waals surface area contributed by atoms with E-state index in [1.54, 1.807) is 6.92 Å². The lowest BCUT2D eigenvalue weighted by Crippen LogP contribution is -2.26. The molecule has 5 heteroatoms. The normalized spacial score (nSPS) is 9.56. The van der Waals surface area contributed by atoms with Gasteiger partial charge in [-0.05, 0) is 19.1 Å². The van der Waals surface area contributed by atoms with Crippen LogP contribution in [0.3, 0.4) is 0 Å². The van der Waals surface area contributed by atoms with E-state index in [0.29, 0.717) is 6.54 Å². The van der Waals surface area contributed by atoms with E-state index in [1.807, 2.05) is 0 Å². The number of hydrogen-bond acceptors (Lipinski definition) is 3. The van der Waals surface area contributed by atoms with Crippen molar-refractivity contribution < 1.29 is 14.7 Å². The van der Waals surface area contributed by atoms with Crippen molar-refractivity contribution in [2.45, 2.75) is 6.92 Å². The third kappa shape index (κ3) is 3.20. The molecule has 0 spiro atoms. The van der Waals surface area contributed by atoms with E-state index in [-0.39, 0.29) is 11.4 Å². The summed E-state index contributed by atoms with van der Waals surface area (Å²) in [7, 11) is 0. The first-order valence-electron chi connectivity index (χ1n) is 4.63. The van der Waals surface area contributed by atoms with Crippen LogP contribution in [0, 0.1) is 0 Å². The van der Waals surface area contributed by atoms with Gasteiger partial charge in [-0.3, -0.25) is 4.79 Å². The first-order chi connectivity index (χ1) is 7.50. The molecule has 2 N–H and O–H groups in total. The first kappa shape index (κ1) is 11.9. The van der Waals surface area contributed by atoms with Crippen molar-refractivity contribution in [3.8, 4) is 0 Å². The van der Waals surface area contributed by atoms with Gasteiger partial charge in [0.2, 0.25) is 0 Å². The zero-order chi connectivity index (χ0) is 12.1. The molecule has 1 aromatic heterocycles. The Morgan fingerprint density at radius 1 is 1.44 bits per heavy atom. The molecule has 0 aliphatic carbocycles. The van der Waals surface area contributed by atoms with Crippen LogP contribution in [0.15, 0.2) is 30.4 Å². The van der Waals surface area contributed by atoms with Crippen molar-refractivity contribution >= 4 is 11.9 Å². The first-order valence-corrected chi connectivity index (χ1v) is 4.63. The minimum atomic E-state index is -1.16. The van der Waals surface area contributed by atoms with Gasteiger partial charge >= 0.3 is 5.97 Å². The molecule has 0 saturated heterocycles. The number of nitrogens with one attached hydrogen (secondary N) is 1. The molecule has 1 amide bonds. The number of carbonyl (C=O) groups is 2. The second-order valence-corrected chi connectivity index (χ2v) is 3.35. The van der Waals surface area contributed by atoms with Crippen LogP contribution in [-0.4, -0.2) is 28.5 Å². The maximum Gasteiger partial charge on any atom is 0.354 e. The predicted octanol–water partition coefficient (Wildman–Crippen LogP) is 1.09. The van der Waals surface area contributed by atoms with Crippen molar-refractivity contribution in [2.75, 3.05) is 6.54 Å². The number of aromatic nitrogens is 1. The predicted molar refractivity (Wildman–Crippen MR) is 58.3 cm³/mol. The number of aromatic carboxylic acids is 1. The Labute approximate surface area is 92.8 Å². The Hall–Kier alpha value is -2.17. The third-order valence-electron chi connectivity index (χ3n) is 1.75. The Balaban J connectivity index is 2.79. The molecule has 16 heavy (non-hydrogen) atoms. The fraction of sp³-hybridized carbons (Fsp3) is 0.182. The molecule has 84 valence electrons. The molecule has 0 fully saturated rings. The second kappa shape index (κ2) is 5.06. The summed E-state index contributed by atoms with van der Waals surface area (Å²) >= 11 is 0. The number of nitrogens with zero attached hydrogens (tertiary/aromatic N) is 1. The summed E-state index contributed by atoms with van der Waals surface area (Å²) in [5.41, 5.74) is 0.742. The largest absolute Gasteiger partial charge is 0.477 e. The Kier molecular flexibility index (Phi) is 3.77. The average molecular weight is 220 g/mol. The van der Waals surface area contributed by atoms with Crippen molar-refractivity contribution in [1.82, 2.24) is 10.3 Å². The van der Waals surface area contributed by atoms with Crippen LogP contribution < -0.4 is 5.32 Å². The molecule has 0 aromatic carbocycles. The molecule has 0 atom stereocenters. The van der Waals surface area contributed by atoms with Crippen LogP contribution in [0.2, 0.25) is 0 Å². The quantitative estimate of drug-likeness (QED) is 0.744. The lowest BCUT2D eigenvalue weighted by molar-refractivity contribution is 0.0690. The van der Waals surface area contributed by atoms with Gasteiger partial charge in [0.15, 0.2) is 0 Å². The lowest BCUT2D eigenvalue weighted by Gasteiger charge is -2.04. The van der Waals surface area contributed by atoms with E-state index >= 15 is 0 Å². The standard InChI is InChI=1S/C11H12N2O3/c1-7(2)6-12-10(14)8-4-3-5-9(13-8)11(15)16/h3-5H,1,6H2,2H3,(H,12,14)(H,15,16). The minimum Gasteiger partial charge on any atom is -0.477 e. The van der Waals surface area contributed by atoms with Gasteiger partial charge in [0.25, 0.3) is 5.91 Å². The summed E-state index contributed by atoms with van der Waals surface area (Å²) in [6.45, 7) is 5.76. The van der Waals surface area contributed by atoms with Gasteiger partial charge in [0.05, 0.1) is 0 Å². The van der Waals surface area contributed by atoms with Crippen molar-refractivity contribution in [3.05, 3.63) is 41.7 Å². The van der Waals surface area contributed by atoms with Gasteiger partial charge in [-0.25, -0.2) is 9.78 Å².